The lowest BCUT2D eigenvalue weighted by atomic mass is 10.0. The third-order valence-corrected chi connectivity index (χ3v) is 3.91. The molecule has 8 heteroatoms. The van der Waals surface area contributed by atoms with Crippen LogP contribution in [0.15, 0.2) is 48.5 Å². The molecule has 1 nitrogen and oxygen atoms in total. The molecule has 3 rings (SSSR count). The molecule has 28 heavy (non-hydrogen) atoms. The molecule has 0 aliphatic heterocycles. The third-order valence-electron chi connectivity index (χ3n) is 3.91. The highest BCUT2D eigenvalue weighted by Crippen LogP contribution is 2.37. The number of aryl methyl sites for hydroxylation is 1. The molecule has 0 aromatic heterocycles. The van der Waals surface area contributed by atoms with Gasteiger partial charge in [-0.25, -0.2) is 22.0 Å². The van der Waals surface area contributed by atoms with Crippen molar-refractivity contribution in [1.82, 2.24) is 0 Å². The molecule has 0 saturated heterocycles. The number of hydrogen-bond donors (Lipinski definition) is 0. The van der Waals surface area contributed by atoms with Crippen molar-refractivity contribution in [3.05, 3.63) is 88.7 Å². The summed E-state index contributed by atoms with van der Waals surface area (Å²) in [6.07, 6.45) is -4.54. The fourth-order valence-corrected chi connectivity index (χ4v) is 2.60. The summed E-state index contributed by atoms with van der Waals surface area (Å²) in [5, 5.41) is 0. The number of rotatable bonds is 4. The van der Waals surface area contributed by atoms with E-state index in [1.807, 2.05) is 0 Å². The van der Waals surface area contributed by atoms with Gasteiger partial charge >= 0.3 is 6.11 Å². The Hall–Kier alpha value is -3.03. The lowest BCUT2D eigenvalue weighted by Gasteiger charge is -2.20. The van der Waals surface area contributed by atoms with Crippen LogP contribution < -0.4 is 4.74 Å². The van der Waals surface area contributed by atoms with Crippen molar-refractivity contribution in [2.75, 3.05) is 0 Å². The maximum atomic E-state index is 14.3. The third kappa shape index (κ3) is 3.81. The second-order valence-corrected chi connectivity index (χ2v) is 5.99. The zero-order chi connectivity index (χ0) is 20.6. The van der Waals surface area contributed by atoms with Gasteiger partial charge in [-0.1, -0.05) is 12.1 Å². The highest BCUT2D eigenvalue weighted by Gasteiger charge is 2.41. The molecule has 0 aliphatic rings. The van der Waals surface area contributed by atoms with Gasteiger partial charge in [0.05, 0.1) is 0 Å². The van der Waals surface area contributed by atoms with Crippen LogP contribution in [0.1, 0.15) is 11.1 Å². The molecule has 0 radical (unpaired) electrons. The van der Waals surface area contributed by atoms with E-state index in [-0.39, 0.29) is 11.1 Å². The second kappa shape index (κ2) is 7.18. The lowest BCUT2D eigenvalue weighted by Crippen LogP contribution is -2.25. The Balaban J connectivity index is 2.00. The number of benzene rings is 3. The summed E-state index contributed by atoms with van der Waals surface area (Å²) in [6, 6.07) is 6.46. The van der Waals surface area contributed by atoms with Crippen molar-refractivity contribution in [1.29, 1.82) is 0 Å². The first-order valence-electron chi connectivity index (χ1n) is 7.86. The molecule has 0 spiro atoms. The molecular weight excluding hydrogens is 389 g/mol. The van der Waals surface area contributed by atoms with Gasteiger partial charge in [0.2, 0.25) is 0 Å². The van der Waals surface area contributed by atoms with E-state index in [1.165, 1.54) is 12.1 Å². The number of hydrogen-bond acceptors (Lipinski definition) is 1. The van der Waals surface area contributed by atoms with Crippen LogP contribution in [-0.4, -0.2) is 0 Å². The van der Waals surface area contributed by atoms with Crippen LogP contribution in [0.5, 0.6) is 5.75 Å². The van der Waals surface area contributed by atoms with Crippen LogP contribution in [0.25, 0.3) is 11.1 Å². The first-order valence-corrected chi connectivity index (χ1v) is 7.86. The van der Waals surface area contributed by atoms with Crippen LogP contribution in [0, 0.1) is 36.0 Å². The second-order valence-electron chi connectivity index (χ2n) is 5.99. The number of alkyl halides is 2. The number of halogens is 7. The molecule has 146 valence electrons. The Morgan fingerprint density at radius 1 is 0.679 bits per heavy atom. The molecule has 0 saturated carbocycles. The fraction of sp³-hybridized carbons (Fsp3) is 0.100. The molecular formula is C20H11F7O. The Bertz CT molecular complexity index is 1020. The van der Waals surface area contributed by atoms with Gasteiger partial charge in [0.1, 0.15) is 28.8 Å². The van der Waals surface area contributed by atoms with Crippen LogP contribution in [-0.2, 0) is 6.11 Å². The van der Waals surface area contributed by atoms with E-state index in [4.69, 9.17) is 0 Å². The maximum Gasteiger partial charge on any atom is 0.432 e. The molecule has 0 fully saturated rings. The van der Waals surface area contributed by atoms with E-state index >= 15 is 0 Å². The van der Waals surface area contributed by atoms with Gasteiger partial charge in [-0.15, -0.1) is 0 Å². The van der Waals surface area contributed by atoms with Gasteiger partial charge in [-0.2, -0.15) is 8.78 Å². The fourth-order valence-electron chi connectivity index (χ4n) is 2.60. The molecule has 0 N–H and O–H groups in total. The summed E-state index contributed by atoms with van der Waals surface area (Å²) in [6.45, 7) is 1.60. The molecule has 0 heterocycles. The van der Waals surface area contributed by atoms with E-state index in [0.717, 1.165) is 6.07 Å². The van der Waals surface area contributed by atoms with Gasteiger partial charge in [0, 0.05) is 11.6 Å². The molecule has 3 aromatic carbocycles. The van der Waals surface area contributed by atoms with Gasteiger partial charge in [0.15, 0.2) is 11.6 Å². The van der Waals surface area contributed by atoms with Crippen molar-refractivity contribution < 1.29 is 35.5 Å². The number of ether oxygens (including phenoxy) is 1. The van der Waals surface area contributed by atoms with Gasteiger partial charge in [0.25, 0.3) is 0 Å². The maximum absolute atomic E-state index is 14.3. The topological polar surface area (TPSA) is 9.23 Å². The largest absolute Gasteiger partial charge is 0.432 e. The minimum absolute atomic E-state index is 0.181. The van der Waals surface area contributed by atoms with Crippen molar-refractivity contribution in [2.24, 2.45) is 0 Å². The zero-order valence-corrected chi connectivity index (χ0v) is 14.2. The minimum Gasteiger partial charge on any atom is -0.429 e. The first kappa shape index (κ1) is 19.7. The van der Waals surface area contributed by atoms with E-state index < -0.39 is 46.5 Å². The van der Waals surface area contributed by atoms with E-state index in [0.29, 0.717) is 35.9 Å². The summed E-state index contributed by atoms with van der Waals surface area (Å²) in [5.74, 6) is -7.78. The quantitative estimate of drug-likeness (QED) is 0.455. The van der Waals surface area contributed by atoms with Gasteiger partial charge in [-0.05, 0) is 48.4 Å². The predicted octanol–water partition coefficient (Wildman–Crippen LogP) is 6.49. The highest BCUT2D eigenvalue weighted by atomic mass is 19.3. The lowest BCUT2D eigenvalue weighted by molar-refractivity contribution is -0.189. The monoisotopic (exact) mass is 400 g/mol. The summed E-state index contributed by atoms with van der Waals surface area (Å²) in [4.78, 5) is 0. The van der Waals surface area contributed by atoms with Crippen molar-refractivity contribution >= 4 is 0 Å². The van der Waals surface area contributed by atoms with Crippen molar-refractivity contribution in [3.8, 4) is 16.9 Å². The van der Waals surface area contributed by atoms with Crippen LogP contribution in [0.4, 0.5) is 30.7 Å². The Morgan fingerprint density at radius 2 is 1.32 bits per heavy atom. The normalized spacial score (nSPS) is 11.6. The summed E-state index contributed by atoms with van der Waals surface area (Å²) in [7, 11) is 0. The first-order chi connectivity index (χ1) is 13.1. The van der Waals surface area contributed by atoms with Crippen molar-refractivity contribution in [3.63, 3.8) is 0 Å². The highest BCUT2D eigenvalue weighted by molar-refractivity contribution is 5.65. The van der Waals surface area contributed by atoms with Gasteiger partial charge in [-0.3, -0.25) is 0 Å². The summed E-state index contributed by atoms with van der Waals surface area (Å²) < 4.78 is 101. The van der Waals surface area contributed by atoms with Crippen LogP contribution in [0.3, 0.4) is 0 Å². The SMILES string of the molecule is Cc1ccc(-c2cc(F)c(C(F)(F)Oc3ccc(F)c(F)c3)c(F)c2)c(F)c1. The average molecular weight is 400 g/mol. The van der Waals surface area contributed by atoms with E-state index in [1.54, 1.807) is 6.92 Å². The smallest absolute Gasteiger partial charge is 0.429 e. The zero-order valence-electron chi connectivity index (χ0n) is 14.2. The van der Waals surface area contributed by atoms with Crippen LogP contribution in [0.2, 0.25) is 0 Å². The molecule has 0 aliphatic carbocycles. The molecule has 0 unspecified atom stereocenters. The molecule has 0 atom stereocenters. The summed E-state index contributed by atoms with van der Waals surface area (Å²) in [5.41, 5.74) is -1.65. The van der Waals surface area contributed by atoms with E-state index in [9.17, 15) is 30.7 Å². The van der Waals surface area contributed by atoms with Crippen LogP contribution >= 0.6 is 0 Å². The van der Waals surface area contributed by atoms with Crippen molar-refractivity contribution in [2.45, 2.75) is 13.0 Å². The standard InChI is InChI=1S/C20H11F7O/c1-10-2-4-13(15(22)6-10)11-7-17(24)19(18(25)8-11)20(26,27)28-12-3-5-14(21)16(23)9-12/h2-9H,1H3. The molecule has 0 amide bonds. The Kier molecular flexibility index (Phi) is 5.06. The average Bonchev–Trinajstić information content (AvgIpc) is 2.57. The summed E-state index contributed by atoms with van der Waals surface area (Å²) >= 11 is 0. The predicted molar refractivity (Wildman–Crippen MR) is 87.4 cm³/mol. The molecule has 3 aromatic rings. The molecule has 0 bridgehead atoms. The minimum atomic E-state index is -4.54. The Labute approximate surface area is 155 Å². The Morgan fingerprint density at radius 3 is 1.89 bits per heavy atom. The van der Waals surface area contributed by atoms with E-state index in [2.05, 4.69) is 4.74 Å². The van der Waals surface area contributed by atoms with Gasteiger partial charge < -0.3 is 4.74 Å².